The molecule has 0 saturated carbocycles. The van der Waals surface area contributed by atoms with E-state index < -0.39 is 11.6 Å². The standard InChI is InChI=1S/C20H20N4O3/c1-13(25)14-6-4-8-16(10-14)20(2,3)23-19(26)22-17-11-15-7-5-9-24(27)18(15)21-12-17/h4-12H,1-3H3,(H2,22,23,26). The Morgan fingerprint density at radius 3 is 2.67 bits per heavy atom. The van der Waals surface area contributed by atoms with Crippen molar-refractivity contribution in [3.63, 3.8) is 0 Å². The summed E-state index contributed by atoms with van der Waals surface area (Å²) in [4.78, 5) is 28.1. The molecule has 2 N–H and O–H groups in total. The monoisotopic (exact) mass is 364 g/mol. The van der Waals surface area contributed by atoms with Crippen LogP contribution in [0.3, 0.4) is 0 Å². The lowest BCUT2D eigenvalue weighted by atomic mass is 9.92. The molecule has 2 aromatic heterocycles. The van der Waals surface area contributed by atoms with Gasteiger partial charge in [0, 0.05) is 5.56 Å². The number of anilines is 1. The fourth-order valence-corrected chi connectivity index (χ4v) is 2.79. The van der Waals surface area contributed by atoms with Gasteiger partial charge in [-0.15, -0.1) is 0 Å². The SMILES string of the molecule is CC(=O)c1cccc(C(C)(C)NC(=O)Nc2cnc3c(ccc[n+]3[O-])c2)c1. The van der Waals surface area contributed by atoms with E-state index in [2.05, 4.69) is 15.6 Å². The largest absolute Gasteiger partial charge is 0.710 e. The number of urea groups is 1. The predicted octanol–water partition coefficient (Wildman–Crippen LogP) is 3.13. The predicted molar refractivity (Wildman–Crippen MR) is 102 cm³/mol. The number of benzene rings is 1. The third kappa shape index (κ3) is 4.03. The zero-order valence-electron chi connectivity index (χ0n) is 15.3. The summed E-state index contributed by atoms with van der Waals surface area (Å²) in [5.41, 5.74) is 1.46. The van der Waals surface area contributed by atoms with Crippen molar-refractivity contribution in [1.29, 1.82) is 0 Å². The minimum atomic E-state index is -0.697. The summed E-state index contributed by atoms with van der Waals surface area (Å²) in [5.74, 6) is -0.0325. The molecule has 0 bridgehead atoms. The molecule has 7 nitrogen and oxygen atoms in total. The summed E-state index contributed by atoms with van der Waals surface area (Å²) in [7, 11) is 0. The fraction of sp³-hybridized carbons (Fsp3) is 0.200. The number of aromatic nitrogens is 2. The Kier molecular flexibility index (Phi) is 4.77. The van der Waals surface area contributed by atoms with Gasteiger partial charge >= 0.3 is 11.7 Å². The number of hydrogen-bond donors (Lipinski definition) is 2. The molecule has 3 aromatic rings. The third-order valence-corrected chi connectivity index (χ3v) is 4.28. The number of Topliss-reactive ketones (excluding diaryl/α,β-unsaturated/α-hetero) is 1. The van der Waals surface area contributed by atoms with Gasteiger partial charge < -0.3 is 15.8 Å². The lowest BCUT2D eigenvalue weighted by Gasteiger charge is -2.27. The van der Waals surface area contributed by atoms with Crippen LogP contribution in [0.25, 0.3) is 11.0 Å². The second-order valence-electron chi connectivity index (χ2n) is 6.81. The Labute approximate surface area is 156 Å². The second-order valence-corrected chi connectivity index (χ2v) is 6.81. The number of hydrogen-bond acceptors (Lipinski definition) is 4. The van der Waals surface area contributed by atoms with Gasteiger partial charge in [0.15, 0.2) is 12.0 Å². The minimum Gasteiger partial charge on any atom is -0.710 e. The highest BCUT2D eigenvalue weighted by Crippen LogP contribution is 2.22. The maximum absolute atomic E-state index is 12.4. The summed E-state index contributed by atoms with van der Waals surface area (Å²) < 4.78 is 0.671. The highest BCUT2D eigenvalue weighted by Gasteiger charge is 2.24. The van der Waals surface area contributed by atoms with Crippen LogP contribution in [-0.4, -0.2) is 16.8 Å². The highest BCUT2D eigenvalue weighted by molar-refractivity contribution is 5.94. The van der Waals surface area contributed by atoms with E-state index in [1.54, 1.807) is 36.4 Å². The number of ketones is 1. The van der Waals surface area contributed by atoms with Gasteiger partial charge in [-0.05, 0) is 55.6 Å². The Balaban J connectivity index is 1.76. The normalized spacial score (nSPS) is 11.2. The molecule has 0 aliphatic carbocycles. The van der Waals surface area contributed by atoms with Crippen molar-refractivity contribution in [2.75, 3.05) is 5.32 Å². The van der Waals surface area contributed by atoms with Crippen molar-refractivity contribution >= 4 is 28.5 Å². The van der Waals surface area contributed by atoms with Gasteiger partial charge in [0.2, 0.25) is 0 Å². The van der Waals surface area contributed by atoms with E-state index in [0.717, 1.165) is 5.56 Å². The molecule has 0 aliphatic heterocycles. The molecule has 1 aromatic carbocycles. The summed E-state index contributed by atoms with van der Waals surface area (Å²) >= 11 is 0. The molecule has 0 aliphatic rings. The van der Waals surface area contributed by atoms with Gasteiger partial charge in [-0.1, -0.05) is 18.2 Å². The topological polar surface area (TPSA) is 98.0 Å². The van der Waals surface area contributed by atoms with Crippen molar-refractivity contribution in [3.05, 3.63) is 71.2 Å². The smallest absolute Gasteiger partial charge is 0.333 e. The molecule has 0 unspecified atom stereocenters. The Hall–Kier alpha value is -3.48. The number of pyridine rings is 2. The summed E-state index contributed by atoms with van der Waals surface area (Å²) in [5, 5.41) is 17.9. The number of rotatable bonds is 4. The van der Waals surface area contributed by atoms with Crippen LogP contribution in [0.5, 0.6) is 0 Å². The lowest BCUT2D eigenvalue weighted by molar-refractivity contribution is -0.579. The average Bonchev–Trinajstić information content (AvgIpc) is 2.61. The lowest BCUT2D eigenvalue weighted by Crippen LogP contribution is -2.43. The van der Waals surface area contributed by atoms with Crippen molar-refractivity contribution in [1.82, 2.24) is 10.3 Å². The van der Waals surface area contributed by atoms with E-state index in [4.69, 9.17) is 0 Å². The fourth-order valence-electron chi connectivity index (χ4n) is 2.79. The van der Waals surface area contributed by atoms with E-state index in [-0.39, 0.29) is 11.4 Å². The van der Waals surface area contributed by atoms with Crippen LogP contribution in [-0.2, 0) is 5.54 Å². The van der Waals surface area contributed by atoms with E-state index in [1.165, 1.54) is 19.3 Å². The molecule has 0 saturated heterocycles. The molecule has 0 spiro atoms. The second kappa shape index (κ2) is 7.03. The van der Waals surface area contributed by atoms with Crippen LogP contribution >= 0.6 is 0 Å². The molecule has 0 fully saturated rings. The maximum Gasteiger partial charge on any atom is 0.333 e. The minimum absolute atomic E-state index is 0.0325. The molecule has 27 heavy (non-hydrogen) atoms. The van der Waals surface area contributed by atoms with Crippen molar-refractivity contribution in [2.45, 2.75) is 26.3 Å². The van der Waals surface area contributed by atoms with Crippen LogP contribution < -0.4 is 15.4 Å². The average molecular weight is 364 g/mol. The zero-order valence-corrected chi connectivity index (χ0v) is 15.3. The van der Waals surface area contributed by atoms with Crippen LogP contribution in [0, 0.1) is 5.21 Å². The molecular weight excluding hydrogens is 344 g/mol. The van der Waals surface area contributed by atoms with E-state index >= 15 is 0 Å². The number of carbonyl (C=O) groups excluding carboxylic acids is 2. The Morgan fingerprint density at radius 2 is 1.93 bits per heavy atom. The molecule has 3 rings (SSSR count). The number of nitrogens with zero attached hydrogens (tertiary/aromatic N) is 2. The maximum atomic E-state index is 12.4. The van der Waals surface area contributed by atoms with E-state index in [1.807, 2.05) is 19.9 Å². The summed E-state index contributed by atoms with van der Waals surface area (Å²) in [6.45, 7) is 5.21. The Morgan fingerprint density at radius 1 is 1.15 bits per heavy atom. The first kappa shape index (κ1) is 18.3. The van der Waals surface area contributed by atoms with Crippen LogP contribution in [0.15, 0.2) is 54.9 Å². The molecule has 0 atom stereocenters. The van der Waals surface area contributed by atoms with E-state index in [0.29, 0.717) is 21.4 Å². The molecule has 7 heteroatoms. The molecular formula is C20H20N4O3. The van der Waals surface area contributed by atoms with Crippen molar-refractivity contribution in [3.8, 4) is 0 Å². The van der Waals surface area contributed by atoms with Gasteiger partial charge in [0.25, 0.3) is 0 Å². The van der Waals surface area contributed by atoms with Crippen LogP contribution in [0.1, 0.15) is 36.7 Å². The number of nitrogens with one attached hydrogen (secondary N) is 2. The summed E-state index contributed by atoms with van der Waals surface area (Å²) in [6.07, 6.45) is 2.80. The van der Waals surface area contributed by atoms with Crippen molar-refractivity contribution in [2.24, 2.45) is 0 Å². The first-order valence-electron chi connectivity index (χ1n) is 8.45. The number of amides is 2. The first-order chi connectivity index (χ1) is 12.8. The highest BCUT2D eigenvalue weighted by atomic mass is 16.5. The van der Waals surface area contributed by atoms with Crippen LogP contribution in [0.4, 0.5) is 10.5 Å². The zero-order chi connectivity index (χ0) is 19.6. The number of carbonyl (C=O) groups is 2. The van der Waals surface area contributed by atoms with Gasteiger partial charge in [-0.3, -0.25) is 4.79 Å². The van der Waals surface area contributed by atoms with Crippen molar-refractivity contribution < 1.29 is 14.3 Å². The molecule has 2 heterocycles. The quantitative estimate of drug-likeness (QED) is 0.422. The van der Waals surface area contributed by atoms with Gasteiger partial charge in [0.1, 0.15) is 0 Å². The third-order valence-electron chi connectivity index (χ3n) is 4.28. The summed E-state index contributed by atoms with van der Waals surface area (Å²) in [6, 6.07) is 11.8. The van der Waals surface area contributed by atoms with Gasteiger partial charge in [-0.25, -0.2) is 9.52 Å². The van der Waals surface area contributed by atoms with Crippen LogP contribution in [0.2, 0.25) is 0 Å². The first-order valence-corrected chi connectivity index (χ1v) is 8.45. The molecule has 138 valence electrons. The molecule has 2 amide bonds. The Bertz CT molecular complexity index is 1030. The van der Waals surface area contributed by atoms with Gasteiger partial charge in [0.05, 0.1) is 22.8 Å². The number of fused-ring (bicyclic) bond motifs is 1. The van der Waals surface area contributed by atoms with E-state index in [9.17, 15) is 14.8 Å². The molecule has 0 radical (unpaired) electrons. The van der Waals surface area contributed by atoms with Gasteiger partial charge in [-0.2, -0.15) is 0 Å².